The molecule has 0 aliphatic heterocycles. The summed E-state index contributed by atoms with van der Waals surface area (Å²) in [6.07, 6.45) is 4.82. The zero-order valence-electron chi connectivity index (χ0n) is 15.5. The molecule has 0 spiro atoms. The maximum absolute atomic E-state index is 13.1. The average Bonchev–Trinajstić information content (AvgIpc) is 3.17. The zero-order valence-corrected chi connectivity index (χ0v) is 15.5. The van der Waals surface area contributed by atoms with Crippen LogP contribution in [0.2, 0.25) is 0 Å². The number of benzene rings is 1. The number of carbonyl (C=O) groups is 1. The molecule has 5 nitrogen and oxygen atoms in total. The first-order valence-corrected chi connectivity index (χ1v) is 9.12. The summed E-state index contributed by atoms with van der Waals surface area (Å²) < 4.78 is 3.85. The van der Waals surface area contributed by atoms with Crippen LogP contribution in [0, 0.1) is 13.8 Å². The summed E-state index contributed by atoms with van der Waals surface area (Å²) in [7, 11) is 1.88. The summed E-state index contributed by atoms with van der Waals surface area (Å²) in [6.45, 7) is 4.08. The van der Waals surface area contributed by atoms with E-state index in [-0.39, 0.29) is 11.9 Å². The first-order valence-electron chi connectivity index (χ1n) is 9.12. The third kappa shape index (κ3) is 2.73. The lowest BCUT2D eigenvalue weighted by Gasteiger charge is -2.26. The van der Waals surface area contributed by atoms with E-state index < -0.39 is 0 Å². The Labute approximate surface area is 153 Å². The molecule has 0 bridgehead atoms. The van der Waals surface area contributed by atoms with Gasteiger partial charge >= 0.3 is 0 Å². The Morgan fingerprint density at radius 3 is 2.65 bits per heavy atom. The summed E-state index contributed by atoms with van der Waals surface area (Å²) >= 11 is 0. The Hall–Kier alpha value is -2.82. The Bertz CT molecular complexity index is 947. The number of aromatic nitrogens is 3. The number of aryl methyl sites for hydroxylation is 4. The van der Waals surface area contributed by atoms with Crippen LogP contribution in [0.3, 0.4) is 0 Å². The summed E-state index contributed by atoms with van der Waals surface area (Å²) in [5.74, 6) is 0.744. The molecule has 1 aromatic carbocycles. The highest BCUT2D eigenvalue weighted by molar-refractivity contribution is 5.97. The molecule has 0 radical (unpaired) electrons. The van der Waals surface area contributed by atoms with Gasteiger partial charge in [0.2, 0.25) is 0 Å². The fraction of sp³-hybridized carbons (Fsp3) is 0.333. The number of rotatable bonds is 3. The molecule has 1 aliphatic carbocycles. The molecule has 1 amide bonds. The van der Waals surface area contributed by atoms with Crippen LogP contribution in [-0.2, 0) is 13.5 Å². The lowest BCUT2D eigenvalue weighted by molar-refractivity contribution is 0.0932. The monoisotopic (exact) mass is 348 g/mol. The van der Waals surface area contributed by atoms with Gasteiger partial charge in [-0.3, -0.25) is 9.48 Å². The first kappa shape index (κ1) is 16.6. The van der Waals surface area contributed by atoms with Gasteiger partial charge in [0.25, 0.3) is 5.91 Å². The second kappa shape index (κ2) is 6.48. The number of hydrogen-bond donors (Lipinski definition) is 1. The van der Waals surface area contributed by atoms with Crippen molar-refractivity contribution in [3.8, 4) is 5.82 Å². The Balaban J connectivity index is 1.67. The second-order valence-electron chi connectivity index (χ2n) is 7.07. The van der Waals surface area contributed by atoms with E-state index >= 15 is 0 Å². The highest BCUT2D eigenvalue weighted by Gasteiger charge is 2.25. The van der Waals surface area contributed by atoms with Crippen molar-refractivity contribution in [2.24, 2.45) is 7.05 Å². The van der Waals surface area contributed by atoms with Gasteiger partial charge in [0, 0.05) is 18.4 Å². The number of amides is 1. The van der Waals surface area contributed by atoms with E-state index in [0.717, 1.165) is 36.5 Å². The third-order valence-corrected chi connectivity index (χ3v) is 5.31. The fourth-order valence-electron chi connectivity index (χ4n) is 4.00. The molecule has 2 aromatic heterocycles. The van der Waals surface area contributed by atoms with Crippen molar-refractivity contribution >= 4 is 5.91 Å². The minimum absolute atomic E-state index is 0.0624. The van der Waals surface area contributed by atoms with Gasteiger partial charge < -0.3 is 9.88 Å². The van der Waals surface area contributed by atoms with Gasteiger partial charge in [-0.05, 0) is 56.4 Å². The summed E-state index contributed by atoms with van der Waals surface area (Å²) in [5.41, 5.74) is 5.36. The van der Waals surface area contributed by atoms with Gasteiger partial charge in [0.15, 0.2) is 0 Å². The van der Waals surface area contributed by atoms with Crippen molar-refractivity contribution in [2.75, 3.05) is 0 Å². The van der Waals surface area contributed by atoms with Crippen molar-refractivity contribution in [1.82, 2.24) is 19.7 Å². The lowest BCUT2D eigenvalue weighted by atomic mass is 9.87. The van der Waals surface area contributed by atoms with Crippen LogP contribution in [-0.4, -0.2) is 20.3 Å². The number of fused-ring (bicyclic) bond motifs is 1. The van der Waals surface area contributed by atoms with Crippen LogP contribution < -0.4 is 5.32 Å². The van der Waals surface area contributed by atoms with Gasteiger partial charge in [-0.2, -0.15) is 5.10 Å². The molecule has 26 heavy (non-hydrogen) atoms. The number of carbonyl (C=O) groups excluding carboxylic acids is 1. The molecule has 0 saturated carbocycles. The van der Waals surface area contributed by atoms with Crippen molar-refractivity contribution < 1.29 is 4.79 Å². The normalized spacial score (nSPS) is 16.3. The predicted octanol–water partition coefficient (Wildman–Crippen LogP) is 3.64. The van der Waals surface area contributed by atoms with Crippen molar-refractivity contribution in [3.05, 3.63) is 70.7 Å². The molecule has 1 N–H and O–H groups in total. The van der Waals surface area contributed by atoms with Gasteiger partial charge in [0.05, 0.1) is 12.2 Å². The fourth-order valence-corrected chi connectivity index (χ4v) is 4.00. The highest BCUT2D eigenvalue weighted by atomic mass is 16.1. The Morgan fingerprint density at radius 2 is 1.88 bits per heavy atom. The molecule has 4 rings (SSSR count). The SMILES string of the molecule is Cc1ccc(C)n1-c1c(C(=O)N[C@H]2CCCc3ccccc32)cnn1C. The van der Waals surface area contributed by atoms with Gasteiger partial charge in [-0.15, -0.1) is 0 Å². The largest absolute Gasteiger partial charge is 0.345 e. The van der Waals surface area contributed by atoms with E-state index in [1.807, 2.05) is 27.0 Å². The zero-order chi connectivity index (χ0) is 18.3. The predicted molar refractivity (Wildman–Crippen MR) is 102 cm³/mol. The summed E-state index contributed by atoms with van der Waals surface area (Å²) in [5, 5.41) is 7.59. The molecular formula is C21H24N4O. The molecule has 134 valence electrons. The maximum atomic E-state index is 13.1. The van der Waals surface area contributed by atoms with Crippen molar-refractivity contribution in [3.63, 3.8) is 0 Å². The standard InChI is InChI=1S/C21H24N4O/c1-14-11-12-15(2)25(14)21-18(13-22-24(21)3)20(26)23-19-10-6-8-16-7-4-5-9-17(16)19/h4-5,7,9,11-13,19H,6,8,10H2,1-3H3,(H,23,26)/t19-/m0/s1. The van der Waals surface area contributed by atoms with Crippen molar-refractivity contribution in [2.45, 2.75) is 39.2 Å². The summed E-state index contributed by atoms with van der Waals surface area (Å²) in [6, 6.07) is 12.6. The van der Waals surface area contributed by atoms with Crippen LogP contribution in [0.5, 0.6) is 0 Å². The highest BCUT2D eigenvalue weighted by Crippen LogP contribution is 2.30. The maximum Gasteiger partial charge on any atom is 0.257 e. The molecule has 0 saturated heterocycles. The van der Waals surface area contributed by atoms with E-state index in [2.05, 4.69) is 45.3 Å². The average molecular weight is 348 g/mol. The van der Waals surface area contributed by atoms with Gasteiger partial charge in [0.1, 0.15) is 11.4 Å². The number of nitrogens with one attached hydrogen (secondary N) is 1. The molecule has 0 unspecified atom stereocenters. The van der Waals surface area contributed by atoms with Crippen LogP contribution in [0.1, 0.15) is 51.8 Å². The molecule has 0 fully saturated rings. The smallest absolute Gasteiger partial charge is 0.257 e. The van der Waals surface area contributed by atoms with Crippen molar-refractivity contribution in [1.29, 1.82) is 0 Å². The minimum atomic E-state index is -0.0673. The van der Waals surface area contributed by atoms with E-state index in [9.17, 15) is 4.79 Å². The minimum Gasteiger partial charge on any atom is -0.345 e. The van der Waals surface area contributed by atoms with Crippen LogP contribution >= 0.6 is 0 Å². The Morgan fingerprint density at radius 1 is 1.15 bits per heavy atom. The number of hydrogen-bond acceptors (Lipinski definition) is 2. The van der Waals surface area contributed by atoms with E-state index in [4.69, 9.17) is 0 Å². The van der Waals surface area contributed by atoms with Gasteiger partial charge in [-0.1, -0.05) is 24.3 Å². The second-order valence-corrected chi connectivity index (χ2v) is 7.07. The number of nitrogens with zero attached hydrogens (tertiary/aromatic N) is 3. The van der Waals surface area contributed by atoms with Gasteiger partial charge in [-0.25, -0.2) is 0 Å². The Kier molecular flexibility index (Phi) is 4.15. The van der Waals surface area contributed by atoms with Crippen LogP contribution in [0.15, 0.2) is 42.6 Å². The van der Waals surface area contributed by atoms with E-state index in [1.54, 1.807) is 10.9 Å². The van der Waals surface area contributed by atoms with Crippen LogP contribution in [0.4, 0.5) is 0 Å². The lowest BCUT2D eigenvalue weighted by Crippen LogP contribution is -2.31. The molecule has 1 atom stereocenters. The third-order valence-electron chi connectivity index (χ3n) is 5.31. The van der Waals surface area contributed by atoms with Crippen LogP contribution in [0.25, 0.3) is 5.82 Å². The first-order chi connectivity index (χ1) is 12.6. The molecule has 5 heteroatoms. The molecule has 1 aliphatic rings. The topological polar surface area (TPSA) is 51.9 Å². The van der Waals surface area contributed by atoms with E-state index in [0.29, 0.717) is 5.56 Å². The molecule has 2 heterocycles. The van der Waals surface area contributed by atoms with E-state index in [1.165, 1.54) is 11.1 Å². The molecular weight excluding hydrogens is 324 g/mol. The molecule has 3 aromatic rings. The quantitative estimate of drug-likeness (QED) is 0.786. The summed E-state index contributed by atoms with van der Waals surface area (Å²) in [4.78, 5) is 13.1.